The molecule has 0 saturated heterocycles. The van der Waals surface area contributed by atoms with Gasteiger partial charge in [0.2, 0.25) is 0 Å². The van der Waals surface area contributed by atoms with Gasteiger partial charge in [-0.2, -0.15) is 12.6 Å². The van der Waals surface area contributed by atoms with Gasteiger partial charge in [0.1, 0.15) is 0 Å². The summed E-state index contributed by atoms with van der Waals surface area (Å²) in [7, 11) is 0. The van der Waals surface area contributed by atoms with E-state index in [0.717, 1.165) is 18.6 Å². The van der Waals surface area contributed by atoms with Crippen molar-refractivity contribution < 1.29 is 0 Å². The molecule has 0 rings (SSSR count). The first-order valence-corrected chi connectivity index (χ1v) is 3.42. The molecule has 0 amide bonds. The number of rotatable bonds is 4. The van der Waals surface area contributed by atoms with Gasteiger partial charge < -0.3 is 0 Å². The van der Waals surface area contributed by atoms with Crippen molar-refractivity contribution in [3.05, 3.63) is 24.8 Å². The van der Waals surface area contributed by atoms with Crippen LogP contribution >= 0.6 is 12.6 Å². The van der Waals surface area contributed by atoms with Crippen molar-refractivity contribution in [2.75, 3.05) is 5.75 Å². The summed E-state index contributed by atoms with van der Waals surface area (Å²) in [5, 5.41) is 0. The number of thiol groups is 1. The predicted octanol–water partition coefficient (Wildman–Crippen LogP) is 2.44. The molecule has 46 valence electrons. The van der Waals surface area contributed by atoms with Gasteiger partial charge in [-0.05, 0) is 12.8 Å². The van der Waals surface area contributed by atoms with E-state index in [1.165, 1.54) is 0 Å². The Morgan fingerprint density at radius 1 is 1.25 bits per heavy atom. The summed E-state index contributed by atoms with van der Waals surface area (Å²) in [6, 6.07) is 0. The zero-order chi connectivity index (χ0) is 6.24. The minimum atomic E-state index is 0.844. The molecular weight excluding hydrogens is 116 g/mol. The summed E-state index contributed by atoms with van der Waals surface area (Å²) in [4.78, 5) is 0. The van der Waals surface area contributed by atoms with E-state index in [2.05, 4.69) is 25.3 Å². The Labute approximate surface area is 56.7 Å². The molecule has 8 heavy (non-hydrogen) atoms. The number of hydrogen-bond acceptors (Lipinski definition) is 1. The fraction of sp³-hybridized carbons (Fsp3) is 0.429. The van der Waals surface area contributed by atoms with Crippen molar-refractivity contribution in [3.8, 4) is 0 Å². The summed E-state index contributed by atoms with van der Waals surface area (Å²) < 4.78 is 0. The van der Waals surface area contributed by atoms with E-state index in [1.807, 2.05) is 12.2 Å². The maximum atomic E-state index is 4.01. The van der Waals surface area contributed by atoms with Crippen molar-refractivity contribution in [2.45, 2.75) is 12.8 Å². The Hall–Kier alpha value is -0.170. The van der Waals surface area contributed by atoms with Crippen molar-refractivity contribution in [1.29, 1.82) is 0 Å². The molecule has 0 unspecified atom stereocenters. The largest absolute Gasteiger partial charge is 0.175 e. The number of unbranched alkanes of at least 4 members (excludes halogenated alkanes) is 1. The third-order valence-electron chi connectivity index (χ3n) is 0.810. The monoisotopic (exact) mass is 128 g/mol. The second kappa shape index (κ2) is 6.83. The van der Waals surface area contributed by atoms with Gasteiger partial charge in [0.05, 0.1) is 0 Å². The van der Waals surface area contributed by atoms with Crippen LogP contribution in [0.5, 0.6) is 0 Å². The lowest BCUT2D eigenvalue weighted by atomic mass is 10.3. The topological polar surface area (TPSA) is 0 Å². The molecule has 0 heterocycles. The van der Waals surface area contributed by atoms with Gasteiger partial charge in [-0.1, -0.05) is 18.2 Å². The van der Waals surface area contributed by atoms with E-state index in [1.54, 1.807) is 0 Å². The van der Waals surface area contributed by atoms with Crippen molar-refractivity contribution in [2.24, 2.45) is 0 Å². The Kier molecular flexibility index (Phi) is 6.68. The third-order valence-corrected chi connectivity index (χ3v) is 1.02. The van der Waals surface area contributed by atoms with E-state index in [-0.39, 0.29) is 0 Å². The van der Waals surface area contributed by atoms with E-state index in [0.29, 0.717) is 0 Å². The minimum Gasteiger partial charge on any atom is -0.175 e. The highest BCUT2D eigenvalue weighted by molar-refractivity contribution is 7.80. The second-order valence-electron chi connectivity index (χ2n) is 1.52. The van der Waals surface area contributed by atoms with Crippen LogP contribution < -0.4 is 0 Å². The molecule has 0 aliphatic carbocycles. The van der Waals surface area contributed by atoms with E-state index < -0.39 is 0 Å². The molecule has 0 N–H and O–H groups in total. The zero-order valence-electron chi connectivity index (χ0n) is 5.01. The molecule has 1 heteroatoms. The highest BCUT2D eigenvalue weighted by atomic mass is 32.1. The smallest absolute Gasteiger partial charge is 0.00825 e. The van der Waals surface area contributed by atoms with Gasteiger partial charge in [0.25, 0.3) is 0 Å². The molecule has 0 spiro atoms. The summed E-state index contributed by atoms with van der Waals surface area (Å²) in [6.07, 6.45) is 8.26. The summed E-state index contributed by atoms with van der Waals surface area (Å²) >= 11 is 4.01. The lowest BCUT2D eigenvalue weighted by Gasteiger charge is -1.81. The van der Waals surface area contributed by atoms with Crippen LogP contribution in [0.15, 0.2) is 24.8 Å². The maximum Gasteiger partial charge on any atom is 0.00825 e. The number of hydrogen-bond donors (Lipinski definition) is 1. The van der Waals surface area contributed by atoms with Crippen LogP contribution in [0.1, 0.15) is 12.8 Å². The first-order valence-electron chi connectivity index (χ1n) is 2.78. The number of allylic oxidation sites excluding steroid dienone is 2. The van der Waals surface area contributed by atoms with E-state index >= 15 is 0 Å². The molecule has 0 aliphatic heterocycles. The molecule has 0 atom stereocenters. The fourth-order valence-electron chi connectivity index (χ4n) is 0.406. The average Bonchev–Trinajstić information content (AvgIpc) is 1.81. The maximum absolute atomic E-state index is 4.01. The van der Waals surface area contributed by atoms with Crippen molar-refractivity contribution in [1.82, 2.24) is 0 Å². The summed E-state index contributed by atoms with van der Waals surface area (Å²) in [5.41, 5.74) is 0. The normalized spacial score (nSPS) is 10.1. The van der Waals surface area contributed by atoms with Crippen LogP contribution in [-0.2, 0) is 0 Å². The fourth-order valence-corrected chi connectivity index (χ4v) is 0.556. The van der Waals surface area contributed by atoms with Gasteiger partial charge >= 0.3 is 0 Å². The van der Waals surface area contributed by atoms with Gasteiger partial charge in [-0.15, -0.1) is 6.58 Å². The first-order chi connectivity index (χ1) is 3.91. The van der Waals surface area contributed by atoms with Crippen molar-refractivity contribution >= 4 is 12.6 Å². The van der Waals surface area contributed by atoms with Crippen LogP contribution in [0.25, 0.3) is 0 Å². The lowest BCUT2D eigenvalue weighted by molar-refractivity contribution is 1.05. The highest BCUT2D eigenvalue weighted by Crippen LogP contribution is 1.90. The SMILES string of the molecule is C=CCCC=CCS. The quantitative estimate of drug-likeness (QED) is 0.335. The molecule has 0 aromatic heterocycles. The third kappa shape index (κ3) is 5.83. The van der Waals surface area contributed by atoms with Gasteiger partial charge in [0.15, 0.2) is 0 Å². The van der Waals surface area contributed by atoms with Crippen LogP contribution in [0.3, 0.4) is 0 Å². The molecule has 0 fully saturated rings. The van der Waals surface area contributed by atoms with Crippen LogP contribution in [0.4, 0.5) is 0 Å². The van der Waals surface area contributed by atoms with Crippen molar-refractivity contribution in [3.63, 3.8) is 0 Å². The van der Waals surface area contributed by atoms with Crippen LogP contribution in [-0.4, -0.2) is 5.75 Å². The standard InChI is InChI=1S/C7H12S/c1-2-3-4-5-6-7-8/h2,5-6,8H,1,3-4,7H2. The molecular formula is C7H12S. The molecule has 0 radical (unpaired) electrons. The highest BCUT2D eigenvalue weighted by Gasteiger charge is 1.71. The molecule has 0 bridgehead atoms. The van der Waals surface area contributed by atoms with E-state index in [9.17, 15) is 0 Å². The van der Waals surface area contributed by atoms with Gasteiger partial charge in [0, 0.05) is 5.75 Å². The second-order valence-corrected chi connectivity index (χ2v) is 1.89. The van der Waals surface area contributed by atoms with Crippen LogP contribution in [0, 0.1) is 0 Å². The zero-order valence-corrected chi connectivity index (χ0v) is 5.90. The lowest BCUT2D eigenvalue weighted by Crippen LogP contribution is -1.63. The predicted molar refractivity (Wildman–Crippen MR) is 42.4 cm³/mol. The molecule has 0 aliphatic rings. The molecule has 0 saturated carbocycles. The molecule has 0 aromatic rings. The average molecular weight is 128 g/mol. The minimum absolute atomic E-state index is 0.844. The Balaban J connectivity index is 2.90. The van der Waals surface area contributed by atoms with Crippen LogP contribution in [0.2, 0.25) is 0 Å². The molecule has 0 nitrogen and oxygen atoms in total. The summed E-state index contributed by atoms with van der Waals surface area (Å²) in [6.45, 7) is 3.61. The Bertz CT molecular complexity index is 74.5. The first kappa shape index (κ1) is 7.83. The van der Waals surface area contributed by atoms with Gasteiger partial charge in [-0.3, -0.25) is 0 Å². The van der Waals surface area contributed by atoms with Gasteiger partial charge in [-0.25, -0.2) is 0 Å². The Morgan fingerprint density at radius 2 is 2.00 bits per heavy atom. The Morgan fingerprint density at radius 3 is 2.50 bits per heavy atom. The molecule has 0 aromatic carbocycles. The summed E-state index contributed by atoms with van der Waals surface area (Å²) in [5.74, 6) is 0.844. The van der Waals surface area contributed by atoms with E-state index in [4.69, 9.17) is 0 Å².